The highest BCUT2D eigenvalue weighted by atomic mass is 16.4. The zero-order valence-electron chi connectivity index (χ0n) is 10.6. The van der Waals surface area contributed by atoms with Crippen LogP contribution in [0.25, 0.3) is 0 Å². The highest BCUT2D eigenvalue weighted by Gasteiger charge is 2.30. The third-order valence-corrected chi connectivity index (χ3v) is 3.50. The van der Waals surface area contributed by atoms with Gasteiger partial charge in [-0.25, -0.2) is 4.79 Å². The van der Waals surface area contributed by atoms with Gasteiger partial charge < -0.3 is 5.11 Å². The smallest absolute Gasteiger partial charge is 0.335 e. The highest BCUT2D eigenvalue weighted by Crippen LogP contribution is 2.29. The number of fused-ring (bicyclic) bond motifs is 2. The van der Waals surface area contributed by atoms with Gasteiger partial charge in [0.05, 0.1) is 5.56 Å². The molecule has 0 unspecified atom stereocenters. The SMILES string of the molecule is Cc1cc2c(cc1C(=O)O)C(=O)c1ccccc1C2=O. The van der Waals surface area contributed by atoms with Crippen molar-refractivity contribution < 1.29 is 19.5 Å². The van der Waals surface area contributed by atoms with Crippen molar-refractivity contribution >= 4 is 17.5 Å². The summed E-state index contributed by atoms with van der Waals surface area (Å²) in [5, 5.41) is 9.12. The molecule has 20 heavy (non-hydrogen) atoms. The number of aromatic carboxylic acids is 1. The van der Waals surface area contributed by atoms with Gasteiger partial charge in [0.1, 0.15) is 0 Å². The molecule has 4 nitrogen and oxygen atoms in total. The van der Waals surface area contributed by atoms with E-state index in [0.29, 0.717) is 16.7 Å². The van der Waals surface area contributed by atoms with Gasteiger partial charge in [0.2, 0.25) is 0 Å². The van der Waals surface area contributed by atoms with E-state index in [1.165, 1.54) is 12.1 Å². The van der Waals surface area contributed by atoms with Crippen molar-refractivity contribution in [3.8, 4) is 0 Å². The lowest BCUT2D eigenvalue weighted by atomic mass is 9.82. The minimum Gasteiger partial charge on any atom is -0.478 e. The van der Waals surface area contributed by atoms with Crippen molar-refractivity contribution in [1.29, 1.82) is 0 Å². The van der Waals surface area contributed by atoms with Crippen LogP contribution in [0.15, 0.2) is 36.4 Å². The minimum atomic E-state index is -1.11. The molecule has 3 rings (SSSR count). The summed E-state index contributed by atoms with van der Waals surface area (Å²) in [5.41, 5.74) is 1.65. The average Bonchev–Trinajstić information content (AvgIpc) is 2.44. The van der Waals surface area contributed by atoms with Gasteiger partial charge >= 0.3 is 5.97 Å². The van der Waals surface area contributed by atoms with Crippen LogP contribution in [0.3, 0.4) is 0 Å². The van der Waals surface area contributed by atoms with E-state index in [1.54, 1.807) is 31.2 Å². The summed E-state index contributed by atoms with van der Waals surface area (Å²) in [5.74, 6) is -1.66. The Labute approximate surface area is 114 Å². The number of hydrogen-bond acceptors (Lipinski definition) is 3. The third kappa shape index (κ3) is 1.58. The summed E-state index contributed by atoms with van der Waals surface area (Å²) in [6, 6.07) is 9.35. The van der Waals surface area contributed by atoms with Crippen LogP contribution in [0.5, 0.6) is 0 Å². The lowest BCUT2D eigenvalue weighted by Gasteiger charge is -2.18. The monoisotopic (exact) mass is 266 g/mol. The number of aryl methyl sites for hydroxylation is 1. The first kappa shape index (κ1) is 12.3. The summed E-state index contributed by atoms with van der Waals surface area (Å²) in [4.78, 5) is 35.9. The predicted octanol–water partition coefficient (Wildman–Crippen LogP) is 2.47. The lowest BCUT2D eigenvalue weighted by molar-refractivity contribution is 0.0695. The number of rotatable bonds is 1. The maximum Gasteiger partial charge on any atom is 0.335 e. The average molecular weight is 266 g/mol. The van der Waals surface area contributed by atoms with Crippen LogP contribution in [0.2, 0.25) is 0 Å². The second kappa shape index (κ2) is 4.13. The maximum atomic E-state index is 12.4. The molecule has 4 heteroatoms. The van der Waals surface area contributed by atoms with Gasteiger partial charge in [-0.2, -0.15) is 0 Å². The van der Waals surface area contributed by atoms with Crippen LogP contribution in [0.4, 0.5) is 0 Å². The Balaban J connectivity index is 2.31. The molecule has 2 aromatic rings. The predicted molar refractivity (Wildman–Crippen MR) is 71.4 cm³/mol. The van der Waals surface area contributed by atoms with Gasteiger partial charge in [-0.3, -0.25) is 9.59 Å². The Morgan fingerprint density at radius 2 is 1.40 bits per heavy atom. The zero-order chi connectivity index (χ0) is 14.4. The Bertz CT molecular complexity index is 787. The van der Waals surface area contributed by atoms with Gasteiger partial charge in [-0.15, -0.1) is 0 Å². The highest BCUT2D eigenvalue weighted by molar-refractivity contribution is 6.28. The van der Waals surface area contributed by atoms with Crippen LogP contribution in [-0.2, 0) is 0 Å². The quantitative estimate of drug-likeness (QED) is 0.734. The first-order chi connectivity index (χ1) is 9.50. The standard InChI is InChI=1S/C16H10O4/c1-8-6-12-13(7-11(8)16(19)20)15(18)10-5-3-2-4-9(10)14(12)17/h2-7H,1H3,(H,19,20). The van der Waals surface area contributed by atoms with Crippen LogP contribution < -0.4 is 0 Å². The van der Waals surface area contributed by atoms with E-state index in [-0.39, 0.29) is 28.3 Å². The van der Waals surface area contributed by atoms with E-state index in [1.807, 2.05) is 0 Å². The number of carboxylic acids is 1. The van der Waals surface area contributed by atoms with E-state index in [9.17, 15) is 14.4 Å². The van der Waals surface area contributed by atoms with Gasteiger partial charge in [0.25, 0.3) is 0 Å². The molecule has 0 atom stereocenters. The number of benzene rings is 2. The van der Waals surface area contributed by atoms with Crippen LogP contribution >= 0.6 is 0 Å². The van der Waals surface area contributed by atoms with E-state index in [4.69, 9.17) is 5.11 Å². The van der Waals surface area contributed by atoms with Crippen molar-refractivity contribution in [2.75, 3.05) is 0 Å². The molecule has 98 valence electrons. The molecule has 1 aliphatic carbocycles. The van der Waals surface area contributed by atoms with Gasteiger partial charge in [-0.05, 0) is 24.6 Å². The van der Waals surface area contributed by atoms with Gasteiger partial charge in [0, 0.05) is 22.3 Å². The molecule has 0 saturated carbocycles. The first-order valence-corrected chi connectivity index (χ1v) is 6.07. The molecular weight excluding hydrogens is 256 g/mol. The van der Waals surface area contributed by atoms with Crippen LogP contribution in [0.1, 0.15) is 47.8 Å². The zero-order valence-corrected chi connectivity index (χ0v) is 10.6. The fourth-order valence-electron chi connectivity index (χ4n) is 2.48. The van der Waals surface area contributed by atoms with E-state index in [2.05, 4.69) is 0 Å². The molecule has 0 amide bonds. The number of carbonyl (C=O) groups excluding carboxylic acids is 2. The largest absolute Gasteiger partial charge is 0.478 e. The molecule has 0 fully saturated rings. The van der Waals surface area contributed by atoms with E-state index in [0.717, 1.165) is 0 Å². The summed E-state index contributed by atoms with van der Waals surface area (Å²) in [6.07, 6.45) is 0. The number of carbonyl (C=O) groups is 3. The van der Waals surface area contributed by atoms with Crippen LogP contribution in [-0.4, -0.2) is 22.6 Å². The van der Waals surface area contributed by atoms with Crippen molar-refractivity contribution in [3.63, 3.8) is 0 Å². The maximum absolute atomic E-state index is 12.4. The van der Waals surface area contributed by atoms with Crippen molar-refractivity contribution in [2.45, 2.75) is 6.92 Å². The van der Waals surface area contributed by atoms with Crippen molar-refractivity contribution in [2.24, 2.45) is 0 Å². The van der Waals surface area contributed by atoms with Crippen LogP contribution in [0, 0.1) is 6.92 Å². The molecule has 1 N–H and O–H groups in total. The molecular formula is C16H10O4. The molecule has 0 heterocycles. The normalized spacial score (nSPS) is 12.8. The molecule has 0 aromatic heterocycles. The Hall–Kier alpha value is -2.75. The summed E-state index contributed by atoms with van der Waals surface area (Å²) < 4.78 is 0. The lowest BCUT2D eigenvalue weighted by Crippen LogP contribution is -2.22. The van der Waals surface area contributed by atoms with Crippen molar-refractivity contribution in [1.82, 2.24) is 0 Å². The molecule has 0 spiro atoms. The summed E-state index contributed by atoms with van der Waals surface area (Å²) in [7, 11) is 0. The van der Waals surface area contributed by atoms with E-state index < -0.39 is 5.97 Å². The Morgan fingerprint density at radius 1 is 0.900 bits per heavy atom. The fourth-order valence-corrected chi connectivity index (χ4v) is 2.48. The molecule has 0 aliphatic heterocycles. The minimum absolute atomic E-state index is 0.0456. The molecule has 2 aromatic carbocycles. The second-order valence-corrected chi connectivity index (χ2v) is 4.72. The second-order valence-electron chi connectivity index (χ2n) is 4.72. The number of hydrogen-bond donors (Lipinski definition) is 1. The molecule has 0 bridgehead atoms. The summed E-state index contributed by atoms with van der Waals surface area (Å²) >= 11 is 0. The number of carboxylic acid groups (broad SMARTS) is 1. The number of ketones is 2. The molecule has 0 radical (unpaired) electrons. The van der Waals surface area contributed by atoms with Gasteiger partial charge in [-0.1, -0.05) is 24.3 Å². The van der Waals surface area contributed by atoms with E-state index >= 15 is 0 Å². The first-order valence-electron chi connectivity index (χ1n) is 6.07. The van der Waals surface area contributed by atoms with Crippen molar-refractivity contribution in [3.05, 3.63) is 69.8 Å². The van der Waals surface area contributed by atoms with Gasteiger partial charge in [0.15, 0.2) is 11.6 Å². The topological polar surface area (TPSA) is 71.4 Å². The summed E-state index contributed by atoms with van der Waals surface area (Å²) in [6.45, 7) is 1.61. The third-order valence-electron chi connectivity index (χ3n) is 3.50. The Morgan fingerprint density at radius 3 is 1.90 bits per heavy atom. The molecule has 1 aliphatic rings. The Kier molecular flexibility index (Phi) is 2.54. The fraction of sp³-hybridized carbons (Fsp3) is 0.0625. The molecule has 0 saturated heterocycles.